The highest BCUT2D eigenvalue weighted by atomic mass is 16.5. The van der Waals surface area contributed by atoms with E-state index in [2.05, 4.69) is 57.2 Å². The molecule has 0 heterocycles. The van der Waals surface area contributed by atoms with Crippen LogP contribution in [0, 0.1) is 40.4 Å². The van der Waals surface area contributed by atoms with Crippen LogP contribution in [0.3, 0.4) is 0 Å². The molecule has 4 aliphatic rings. The molecule has 0 aliphatic heterocycles. The third-order valence-electron chi connectivity index (χ3n) is 11.5. The first-order valence-corrected chi connectivity index (χ1v) is 14.9. The first-order valence-electron chi connectivity index (χ1n) is 14.9. The van der Waals surface area contributed by atoms with Crippen LogP contribution in [-0.4, -0.2) is 12.1 Å². The zero-order valence-corrected chi connectivity index (χ0v) is 23.0. The molecular weight excluding hydrogens is 452 g/mol. The van der Waals surface area contributed by atoms with Gasteiger partial charge < -0.3 is 4.74 Å². The minimum Gasteiger partial charge on any atom is -0.458 e. The van der Waals surface area contributed by atoms with Crippen molar-refractivity contribution in [2.24, 2.45) is 40.4 Å². The van der Waals surface area contributed by atoms with E-state index in [9.17, 15) is 4.79 Å². The van der Waals surface area contributed by atoms with Crippen molar-refractivity contribution in [3.05, 3.63) is 83.4 Å². The summed E-state index contributed by atoms with van der Waals surface area (Å²) in [6.45, 7) is 7.74. The summed E-state index contributed by atoms with van der Waals surface area (Å²) in [5.74, 6) is 3.89. The van der Waals surface area contributed by atoms with E-state index < -0.39 is 0 Å². The molecule has 2 aromatic carbocycles. The highest BCUT2D eigenvalue weighted by Gasteiger charge is 2.59. The Balaban J connectivity index is 1.15. The molecule has 3 fully saturated rings. The Hall–Kier alpha value is -2.35. The quantitative estimate of drug-likeness (QED) is 0.306. The number of benzene rings is 2. The molecule has 8 atom stereocenters. The third-order valence-corrected chi connectivity index (χ3v) is 11.5. The topological polar surface area (TPSA) is 26.3 Å². The highest BCUT2D eigenvalue weighted by molar-refractivity contribution is 5.89. The van der Waals surface area contributed by atoms with Crippen LogP contribution in [0.25, 0.3) is 0 Å². The number of carbonyl (C=O) groups is 1. The van der Waals surface area contributed by atoms with E-state index >= 15 is 0 Å². The van der Waals surface area contributed by atoms with E-state index in [1.165, 1.54) is 44.1 Å². The monoisotopic (exact) mass is 496 g/mol. The Morgan fingerprint density at radius 1 is 0.919 bits per heavy atom. The largest absolute Gasteiger partial charge is 0.458 e. The lowest BCUT2D eigenvalue weighted by Crippen LogP contribution is -2.51. The smallest absolute Gasteiger partial charge is 0.338 e. The molecule has 0 spiro atoms. The van der Waals surface area contributed by atoms with Gasteiger partial charge in [0.15, 0.2) is 0 Å². The fourth-order valence-corrected chi connectivity index (χ4v) is 9.63. The molecule has 2 nitrogen and oxygen atoms in total. The van der Waals surface area contributed by atoms with Crippen LogP contribution in [-0.2, 0) is 11.2 Å². The number of rotatable bonds is 5. The van der Waals surface area contributed by atoms with Gasteiger partial charge in [-0.15, -0.1) is 0 Å². The summed E-state index contributed by atoms with van der Waals surface area (Å²) >= 11 is 0. The van der Waals surface area contributed by atoms with Gasteiger partial charge in [-0.1, -0.05) is 81.0 Å². The number of carbonyl (C=O) groups excluding carboxylic acids is 1. The number of hydrogen-bond donors (Lipinski definition) is 0. The molecular formula is C35H44O2. The van der Waals surface area contributed by atoms with E-state index in [0.717, 1.165) is 48.9 Å². The Morgan fingerprint density at radius 3 is 2.41 bits per heavy atom. The Labute approximate surface area is 223 Å². The summed E-state index contributed by atoms with van der Waals surface area (Å²) in [7, 11) is 0. The molecule has 3 saturated carbocycles. The summed E-state index contributed by atoms with van der Waals surface area (Å²) in [5, 5.41) is 0. The summed E-state index contributed by atoms with van der Waals surface area (Å²) in [4.78, 5) is 12.7. The van der Waals surface area contributed by atoms with Crippen molar-refractivity contribution >= 4 is 5.97 Å². The molecule has 2 aromatic rings. The zero-order chi connectivity index (χ0) is 25.6. The Bertz CT molecular complexity index is 1140. The molecule has 2 heteroatoms. The molecule has 0 saturated heterocycles. The summed E-state index contributed by atoms with van der Waals surface area (Å²) in [5.41, 5.74) is 4.52. The lowest BCUT2D eigenvalue weighted by atomic mass is 9.47. The van der Waals surface area contributed by atoms with E-state index in [-0.39, 0.29) is 17.5 Å². The van der Waals surface area contributed by atoms with Crippen LogP contribution in [0.4, 0.5) is 0 Å². The van der Waals surface area contributed by atoms with Gasteiger partial charge in [0, 0.05) is 6.42 Å². The molecule has 0 amide bonds. The van der Waals surface area contributed by atoms with Gasteiger partial charge in [0.05, 0.1) is 5.56 Å². The second-order valence-electron chi connectivity index (χ2n) is 13.3. The van der Waals surface area contributed by atoms with Crippen LogP contribution in [0.2, 0.25) is 0 Å². The van der Waals surface area contributed by atoms with Crippen molar-refractivity contribution in [2.75, 3.05) is 0 Å². The van der Waals surface area contributed by atoms with Crippen LogP contribution in [0.1, 0.15) is 88.1 Å². The highest BCUT2D eigenvalue weighted by Crippen LogP contribution is 2.67. The normalized spacial score (nSPS) is 37.5. The standard InChI is InChI=1S/C35H44O2/c1-24(22-25-10-6-4-7-11-25)30-16-17-31-29-15-14-27-23-28(37-33(36)26-12-8-5-9-13-26)18-20-34(27,2)32(29)19-21-35(30,31)3/h4-14,24,28-32H,15-23H2,1-3H3/t24-,28+,29+,30-,31+,32+,34+,35-/m1/s1. The second kappa shape index (κ2) is 9.75. The summed E-state index contributed by atoms with van der Waals surface area (Å²) < 4.78 is 6.00. The van der Waals surface area contributed by atoms with Crippen LogP contribution < -0.4 is 0 Å². The fraction of sp³-hybridized carbons (Fsp3) is 0.571. The molecule has 37 heavy (non-hydrogen) atoms. The average Bonchev–Trinajstić information content (AvgIpc) is 3.27. The summed E-state index contributed by atoms with van der Waals surface area (Å²) in [6.07, 6.45) is 13.7. The van der Waals surface area contributed by atoms with Gasteiger partial charge in [-0.05, 0) is 109 Å². The first kappa shape index (κ1) is 25.0. The fourth-order valence-electron chi connectivity index (χ4n) is 9.63. The van der Waals surface area contributed by atoms with Gasteiger partial charge in [-0.2, -0.15) is 0 Å². The number of allylic oxidation sites excluding steroid dienone is 1. The van der Waals surface area contributed by atoms with Gasteiger partial charge in [0.1, 0.15) is 6.10 Å². The lowest BCUT2D eigenvalue weighted by Gasteiger charge is -2.58. The maximum Gasteiger partial charge on any atom is 0.338 e. The van der Waals surface area contributed by atoms with Gasteiger partial charge in [-0.3, -0.25) is 0 Å². The van der Waals surface area contributed by atoms with Crippen LogP contribution >= 0.6 is 0 Å². The van der Waals surface area contributed by atoms with Gasteiger partial charge in [-0.25, -0.2) is 4.79 Å². The third kappa shape index (κ3) is 4.39. The maximum absolute atomic E-state index is 12.7. The number of ether oxygens (including phenoxy) is 1. The minimum absolute atomic E-state index is 0.0205. The molecule has 0 N–H and O–H groups in total. The predicted octanol–water partition coefficient (Wildman–Crippen LogP) is 8.67. The number of hydrogen-bond acceptors (Lipinski definition) is 2. The lowest BCUT2D eigenvalue weighted by molar-refractivity contribution is -0.0588. The van der Waals surface area contributed by atoms with Crippen molar-refractivity contribution in [2.45, 2.75) is 84.7 Å². The van der Waals surface area contributed by atoms with Crippen molar-refractivity contribution in [1.29, 1.82) is 0 Å². The summed E-state index contributed by atoms with van der Waals surface area (Å²) in [6, 6.07) is 20.6. The van der Waals surface area contributed by atoms with Crippen molar-refractivity contribution in [3.8, 4) is 0 Å². The van der Waals surface area contributed by atoms with E-state index in [4.69, 9.17) is 4.74 Å². The van der Waals surface area contributed by atoms with Gasteiger partial charge in [0.2, 0.25) is 0 Å². The molecule has 6 rings (SSSR count). The second-order valence-corrected chi connectivity index (χ2v) is 13.3. The van der Waals surface area contributed by atoms with Crippen molar-refractivity contribution in [3.63, 3.8) is 0 Å². The van der Waals surface area contributed by atoms with Crippen molar-refractivity contribution < 1.29 is 9.53 Å². The van der Waals surface area contributed by atoms with E-state index in [0.29, 0.717) is 11.0 Å². The first-order chi connectivity index (χ1) is 17.9. The zero-order valence-electron chi connectivity index (χ0n) is 23.0. The minimum atomic E-state index is -0.168. The maximum atomic E-state index is 12.7. The molecule has 0 aromatic heterocycles. The van der Waals surface area contributed by atoms with E-state index in [1.54, 1.807) is 5.57 Å². The molecule has 0 bridgehead atoms. The Morgan fingerprint density at radius 2 is 1.65 bits per heavy atom. The molecule has 0 unspecified atom stereocenters. The number of esters is 1. The van der Waals surface area contributed by atoms with Crippen molar-refractivity contribution in [1.82, 2.24) is 0 Å². The van der Waals surface area contributed by atoms with Crippen LogP contribution in [0.15, 0.2) is 72.3 Å². The molecule has 0 radical (unpaired) electrons. The molecule has 196 valence electrons. The SMILES string of the molecule is C[C@H](Cc1ccccc1)[C@H]1CC[C@H]2[C@@H]3CC=C4C[C@@H](OC(=O)c5ccccc5)CC[C@]4(C)[C@H]3CC[C@]12C. The van der Waals surface area contributed by atoms with Gasteiger partial charge in [0.25, 0.3) is 0 Å². The Kier molecular flexibility index (Phi) is 6.58. The van der Waals surface area contributed by atoms with E-state index in [1.807, 2.05) is 30.3 Å². The van der Waals surface area contributed by atoms with Gasteiger partial charge >= 0.3 is 5.97 Å². The van der Waals surface area contributed by atoms with Crippen LogP contribution in [0.5, 0.6) is 0 Å². The molecule has 4 aliphatic carbocycles. The average molecular weight is 497 g/mol. The predicted molar refractivity (Wildman–Crippen MR) is 150 cm³/mol. The number of fused-ring (bicyclic) bond motifs is 5.